The minimum Gasteiger partial charge on any atom is -0.481 e. The highest BCUT2D eigenvalue weighted by molar-refractivity contribution is 5.75. The normalized spacial score (nSPS) is 26.2. The highest BCUT2D eigenvalue weighted by Crippen LogP contribution is 2.34. The second kappa shape index (κ2) is 5.91. The van der Waals surface area contributed by atoms with Crippen molar-refractivity contribution in [2.45, 2.75) is 45.2 Å². The largest absolute Gasteiger partial charge is 0.481 e. The summed E-state index contributed by atoms with van der Waals surface area (Å²) in [5, 5.41) is 9.25. The summed E-state index contributed by atoms with van der Waals surface area (Å²) in [6.45, 7) is 3.23. The molecule has 0 aliphatic carbocycles. The van der Waals surface area contributed by atoms with Crippen LogP contribution in [0.15, 0.2) is 0 Å². The van der Waals surface area contributed by atoms with Crippen LogP contribution in [-0.4, -0.2) is 41.8 Å². The smallest absolute Gasteiger partial charge is 0.389 e. The number of hydrogen-bond acceptors (Lipinski definition) is 2. The molecule has 0 amide bonds. The molecule has 1 aliphatic heterocycles. The summed E-state index contributed by atoms with van der Waals surface area (Å²) in [7, 11) is 0. The monoisotopic (exact) mass is 267 g/mol. The van der Waals surface area contributed by atoms with Crippen molar-refractivity contribution in [3.63, 3.8) is 0 Å². The van der Waals surface area contributed by atoms with Crippen molar-refractivity contribution in [3.05, 3.63) is 0 Å². The van der Waals surface area contributed by atoms with Crippen LogP contribution in [0.4, 0.5) is 13.2 Å². The standard InChI is InChI=1S/C12H20F3NO2/c1-2-11(10(17)18)5-3-7-16(9-11)8-4-6-12(13,14)15/h2-9H2,1H3,(H,17,18). The first-order chi connectivity index (χ1) is 8.29. The molecule has 1 N–H and O–H groups in total. The first kappa shape index (κ1) is 15.3. The van der Waals surface area contributed by atoms with Gasteiger partial charge in [0.15, 0.2) is 0 Å². The van der Waals surface area contributed by atoms with Crippen molar-refractivity contribution in [3.8, 4) is 0 Å². The molecule has 0 bridgehead atoms. The van der Waals surface area contributed by atoms with E-state index in [2.05, 4.69) is 0 Å². The number of likely N-dealkylation sites (tertiary alicyclic amines) is 1. The molecule has 1 atom stereocenters. The van der Waals surface area contributed by atoms with Crippen LogP contribution >= 0.6 is 0 Å². The van der Waals surface area contributed by atoms with Crippen molar-refractivity contribution in [2.24, 2.45) is 5.41 Å². The maximum Gasteiger partial charge on any atom is 0.389 e. The lowest BCUT2D eigenvalue weighted by Gasteiger charge is -2.39. The Kier molecular flexibility index (Phi) is 5.01. The SMILES string of the molecule is CCC1(C(=O)O)CCCN(CCCC(F)(F)F)C1. The van der Waals surface area contributed by atoms with Crippen LogP contribution in [0.2, 0.25) is 0 Å². The molecule has 18 heavy (non-hydrogen) atoms. The van der Waals surface area contributed by atoms with Gasteiger partial charge in [-0.25, -0.2) is 0 Å². The van der Waals surface area contributed by atoms with Crippen LogP contribution in [0.5, 0.6) is 0 Å². The van der Waals surface area contributed by atoms with Gasteiger partial charge >= 0.3 is 12.1 Å². The lowest BCUT2D eigenvalue weighted by atomic mass is 9.77. The van der Waals surface area contributed by atoms with E-state index in [4.69, 9.17) is 0 Å². The van der Waals surface area contributed by atoms with Crippen molar-refractivity contribution < 1.29 is 23.1 Å². The van der Waals surface area contributed by atoms with Gasteiger partial charge in [0.1, 0.15) is 0 Å². The van der Waals surface area contributed by atoms with E-state index >= 15 is 0 Å². The van der Waals surface area contributed by atoms with Gasteiger partial charge in [0.05, 0.1) is 5.41 Å². The lowest BCUT2D eigenvalue weighted by Crippen LogP contribution is -2.47. The van der Waals surface area contributed by atoms with E-state index in [0.29, 0.717) is 32.5 Å². The molecular formula is C12H20F3NO2. The number of hydrogen-bond donors (Lipinski definition) is 1. The van der Waals surface area contributed by atoms with Gasteiger partial charge in [-0.05, 0) is 38.8 Å². The minimum absolute atomic E-state index is 0.0446. The average molecular weight is 267 g/mol. The third-order valence-corrected chi connectivity index (χ3v) is 3.72. The third kappa shape index (κ3) is 4.15. The zero-order valence-electron chi connectivity index (χ0n) is 10.6. The van der Waals surface area contributed by atoms with Crippen molar-refractivity contribution in [1.82, 2.24) is 4.90 Å². The lowest BCUT2D eigenvalue weighted by molar-refractivity contribution is -0.153. The Morgan fingerprint density at radius 3 is 2.61 bits per heavy atom. The number of alkyl halides is 3. The molecule has 1 aliphatic rings. The maximum atomic E-state index is 12.0. The second-order valence-electron chi connectivity index (χ2n) is 5.04. The van der Waals surface area contributed by atoms with E-state index in [-0.39, 0.29) is 6.42 Å². The molecule has 0 aromatic carbocycles. The number of piperidine rings is 1. The molecule has 0 aromatic rings. The molecule has 0 saturated carbocycles. The predicted molar refractivity (Wildman–Crippen MR) is 61.3 cm³/mol. The molecule has 0 aromatic heterocycles. The molecular weight excluding hydrogens is 247 g/mol. The number of carbonyl (C=O) groups is 1. The molecule has 0 radical (unpaired) electrons. The molecule has 3 nitrogen and oxygen atoms in total. The number of carboxylic acids is 1. The first-order valence-corrected chi connectivity index (χ1v) is 6.31. The molecule has 1 unspecified atom stereocenters. The average Bonchev–Trinajstić information content (AvgIpc) is 2.27. The van der Waals surface area contributed by atoms with Crippen LogP contribution < -0.4 is 0 Å². The van der Waals surface area contributed by atoms with Crippen LogP contribution in [0.1, 0.15) is 39.0 Å². The van der Waals surface area contributed by atoms with E-state index in [1.807, 2.05) is 11.8 Å². The molecule has 1 heterocycles. The zero-order chi connectivity index (χ0) is 13.8. The summed E-state index contributed by atoms with van der Waals surface area (Å²) in [6, 6.07) is 0. The summed E-state index contributed by atoms with van der Waals surface area (Å²) >= 11 is 0. The van der Waals surface area contributed by atoms with Gasteiger partial charge in [0.2, 0.25) is 0 Å². The van der Waals surface area contributed by atoms with Gasteiger partial charge in [-0.15, -0.1) is 0 Å². The quantitative estimate of drug-likeness (QED) is 0.832. The van der Waals surface area contributed by atoms with Gasteiger partial charge in [-0.1, -0.05) is 6.92 Å². The van der Waals surface area contributed by atoms with E-state index in [9.17, 15) is 23.1 Å². The van der Waals surface area contributed by atoms with Crippen molar-refractivity contribution in [2.75, 3.05) is 19.6 Å². The van der Waals surface area contributed by atoms with Crippen LogP contribution in [0.25, 0.3) is 0 Å². The Morgan fingerprint density at radius 2 is 2.11 bits per heavy atom. The number of aliphatic carboxylic acids is 1. The third-order valence-electron chi connectivity index (χ3n) is 3.72. The molecule has 106 valence electrons. The van der Waals surface area contributed by atoms with Gasteiger partial charge in [0.25, 0.3) is 0 Å². The molecule has 1 rings (SSSR count). The fourth-order valence-corrected chi connectivity index (χ4v) is 2.54. The Balaban J connectivity index is 2.46. The highest BCUT2D eigenvalue weighted by Gasteiger charge is 2.40. The Morgan fingerprint density at radius 1 is 1.44 bits per heavy atom. The highest BCUT2D eigenvalue weighted by atomic mass is 19.4. The van der Waals surface area contributed by atoms with Gasteiger partial charge in [0, 0.05) is 13.0 Å². The summed E-state index contributed by atoms with van der Waals surface area (Å²) < 4.78 is 36.1. The van der Waals surface area contributed by atoms with E-state index in [1.54, 1.807) is 0 Å². The van der Waals surface area contributed by atoms with Crippen LogP contribution in [0.3, 0.4) is 0 Å². The molecule has 1 saturated heterocycles. The summed E-state index contributed by atoms with van der Waals surface area (Å²) in [6.07, 6.45) is -2.98. The van der Waals surface area contributed by atoms with Crippen LogP contribution in [0, 0.1) is 5.41 Å². The molecule has 1 fully saturated rings. The Hall–Kier alpha value is -0.780. The maximum absolute atomic E-state index is 12.0. The van der Waals surface area contributed by atoms with Gasteiger partial charge in [-0.2, -0.15) is 13.2 Å². The number of rotatable bonds is 5. The zero-order valence-corrected chi connectivity index (χ0v) is 10.6. The van der Waals surface area contributed by atoms with E-state index < -0.39 is 24.0 Å². The fraction of sp³-hybridized carbons (Fsp3) is 0.917. The summed E-state index contributed by atoms with van der Waals surface area (Å²) in [5.74, 6) is -0.828. The number of nitrogens with zero attached hydrogens (tertiary/aromatic N) is 1. The Bertz CT molecular complexity index is 294. The fourth-order valence-electron chi connectivity index (χ4n) is 2.54. The van der Waals surface area contributed by atoms with Gasteiger partial charge < -0.3 is 10.0 Å². The summed E-state index contributed by atoms with van der Waals surface area (Å²) in [5.41, 5.74) is -0.767. The number of halogens is 3. The Labute approximate surface area is 105 Å². The first-order valence-electron chi connectivity index (χ1n) is 6.31. The summed E-state index contributed by atoms with van der Waals surface area (Å²) in [4.78, 5) is 13.1. The predicted octanol–water partition coefficient (Wildman–Crippen LogP) is 2.91. The topological polar surface area (TPSA) is 40.5 Å². The van der Waals surface area contributed by atoms with E-state index in [0.717, 1.165) is 6.42 Å². The van der Waals surface area contributed by atoms with E-state index in [1.165, 1.54) is 0 Å². The molecule has 0 spiro atoms. The van der Waals surface area contributed by atoms with Crippen molar-refractivity contribution in [1.29, 1.82) is 0 Å². The second-order valence-corrected chi connectivity index (χ2v) is 5.04. The van der Waals surface area contributed by atoms with Gasteiger partial charge in [-0.3, -0.25) is 4.79 Å². The molecule has 6 heteroatoms. The van der Waals surface area contributed by atoms with Crippen molar-refractivity contribution >= 4 is 5.97 Å². The van der Waals surface area contributed by atoms with Crippen LogP contribution in [-0.2, 0) is 4.79 Å². The number of carboxylic acid groups (broad SMARTS) is 1. The minimum atomic E-state index is -4.12.